The van der Waals surface area contributed by atoms with Crippen LogP contribution in [0, 0.1) is 0 Å². The Morgan fingerprint density at radius 3 is 1.94 bits per heavy atom. The lowest BCUT2D eigenvalue weighted by Crippen LogP contribution is -2.51. The molecule has 0 saturated carbocycles. The van der Waals surface area contributed by atoms with Gasteiger partial charge in [0.1, 0.15) is 21.9 Å². The van der Waals surface area contributed by atoms with Crippen molar-refractivity contribution in [2.24, 2.45) is 0 Å². The topological polar surface area (TPSA) is 9.23 Å². The van der Waals surface area contributed by atoms with Crippen LogP contribution in [-0.2, 0) is 0 Å². The number of hydrogen-bond donors (Lipinski definition) is 0. The fourth-order valence-electron chi connectivity index (χ4n) is 5.73. The molecule has 0 bridgehead atoms. The number of fused-ring (bicyclic) bond motifs is 6. The van der Waals surface area contributed by atoms with Gasteiger partial charge >= 0.3 is 0 Å². The van der Waals surface area contributed by atoms with Gasteiger partial charge in [0.2, 0.25) is 0 Å². The zero-order valence-electron chi connectivity index (χ0n) is 19.6. The zero-order chi connectivity index (χ0) is 21.8. The van der Waals surface area contributed by atoms with Gasteiger partial charge in [-0.2, -0.15) is 0 Å². The Balaban J connectivity index is 1.56. The summed E-state index contributed by atoms with van der Waals surface area (Å²) in [5.41, 5.74) is 5.90. The molecule has 0 fully saturated rings. The van der Waals surface area contributed by atoms with E-state index in [0.717, 1.165) is 18.8 Å². The Kier molecular flexibility index (Phi) is 5.02. The van der Waals surface area contributed by atoms with E-state index in [1.54, 1.807) is 20.7 Å². The number of benzene rings is 3. The third kappa shape index (κ3) is 3.16. The van der Waals surface area contributed by atoms with Crippen molar-refractivity contribution in [3.8, 4) is 28.0 Å². The molecule has 0 spiro atoms. The predicted molar refractivity (Wildman–Crippen MR) is 140 cm³/mol. The predicted octanol–water partition coefficient (Wildman–Crippen LogP) is 5.25. The summed E-state index contributed by atoms with van der Waals surface area (Å²) in [6, 6.07) is 21.2. The lowest BCUT2D eigenvalue weighted by atomic mass is 10.0. The third-order valence-corrected chi connectivity index (χ3v) is 14.7. The average Bonchev–Trinajstić information content (AvgIpc) is 3.12. The summed E-state index contributed by atoms with van der Waals surface area (Å²) >= 11 is 0. The van der Waals surface area contributed by atoms with E-state index in [4.69, 9.17) is 4.74 Å². The van der Waals surface area contributed by atoms with Crippen LogP contribution in [0.1, 0.15) is 32.6 Å². The molecule has 5 rings (SSSR count). The van der Waals surface area contributed by atoms with Gasteiger partial charge in [-0.3, -0.25) is 0 Å². The quantitative estimate of drug-likeness (QED) is 0.374. The maximum absolute atomic E-state index is 6.17. The van der Waals surface area contributed by atoms with Gasteiger partial charge in [-0.25, -0.2) is 0 Å². The van der Waals surface area contributed by atoms with E-state index in [9.17, 15) is 0 Å². The van der Waals surface area contributed by atoms with Crippen LogP contribution in [0.4, 0.5) is 0 Å². The zero-order valence-corrected chi connectivity index (χ0v) is 21.6. The van der Waals surface area contributed by atoms with Crippen molar-refractivity contribution in [1.82, 2.24) is 0 Å². The molecule has 0 N–H and O–H groups in total. The van der Waals surface area contributed by atoms with Crippen LogP contribution in [0.5, 0.6) is 5.75 Å². The molecule has 0 radical (unpaired) electrons. The highest BCUT2D eigenvalue weighted by atomic mass is 28.3. The van der Waals surface area contributed by atoms with E-state index in [0.29, 0.717) is 0 Å². The summed E-state index contributed by atoms with van der Waals surface area (Å²) in [4.78, 5) is 0. The SMILES string of the molecule is CCCCCCOc1ccc2c(c1)-c1cc3c(cc1[Si]2(C)C)-c1ccccc1[Si]3(C)C. The van der Waals surface area contributed by atoms with Crippen LogP contribution in [0.3, 0.4) is 0 Å². The number of hydrogen-bond acceptors (Lipinski definition) is 1. The highest BCUT2D eigenvalue weighted by Gasteiger charge is 2.43. The van der Waals surface area contributed by atoms with E-state index < -0.39 is 16.1 Å². The van der Waals surface area contributed by atoms with Crippen molar-refractivity contribution >= 4 is 36.9 Å². The van der Waals surface area contributed by atoms with Crippen molar-refractivity contribution in [2.75, 3.05) is 6.61 Å². The summed E-state index contributed by atoms with van der Waals surface area (Å²) in [6.45, 7) is 13.1. The minimum Gasteiger partial charge on any atom is -0.494 e. The summed E-state index contributed by atoms with van der Waals surface area (Å²) in [7, 11) is -3.36. The monoisotopic (exact) mass is 442 g/mol. The third-order valence-electron chi connectivity index (χ3n) is 7.62. The Bertz CT molecular complexity index is 1160. The van der Waals surface area contributed by atoms with Crippen molar-refractivity contribution in [3.05, 3.63) is 54.6 Å². The van der Waals surface area contributed by atoms with Crippen LogP contribution in [0.2, 0.25) is 26.2 Å². The van der Waals surface area contributed by atoms with Crippen LogP contribution in [0.15, 0.2) is 54.6 Å². The van der Waals surface area contributed by atoms with E-state index in [1.165, 1.54) is 41.5 Å². The molecule has 2 aliphatic heterocycles. The molecule has 0 unspecified atom stereocenters. The van der Waals surface area contributed by atoms with Gasteiger partial charge in [0, 0.05) is 0 Å². The summed E-state index contributed by atoms with van der Waals surface area (Å²) in [5.74, 6) is 1.04. The normalized spacial score (nSPS) is 16.4. The largest absolute Gasteiger partial charge is 0.494 e. The van der Waals surface area contributed by atoms with Crippen molar-refractivity contribution in [1.29, 1.82) is 0 Å². The Labute approximate surface area is 189 Å². The maximum atomic E-state index is 6.17. The summed E-state index contributed by atoms with van der Waals surface area (Å²) in [6.07, 6.45) is 4.97. The molecule has 0 atom stereocenters. The molecule has 0 aliphatic carbocycles. The Hall–Kier alpha value is -2.11. The van der Waals surface area contributed by atoms with Gasteiger partial charge in [0.05, 0.1) is 6.61 Å². The Morgan fingerprint density at radius 1 is 0.613 bits per heavy atom. The second-order valence-corrected chi connectivity index (χ2v) is 19.0. The smallest absolute Gasteiger partial charge is 0.119 e. The summed E-state index contributed by atoms with van der Waals surface area (Å²) in [5, 5.41) is 6.37. The molecule has 2 heterocycles. The highest BCUT2D eigenvalue weighted by molar-refractivity contribution is 7.06. The number of ether oxygens (including phenoxy) is 1. The van der Waals surface area contributed by atoms with E-state index >= 15 is 0 Å². The fourth-order valence-corrected chi connectivity index (χ4v) is 11.9. The van der Waals surface area contributed by atoms with Gasteiger partial charge < -0.3 is 4.74 Å². The molecule has 0 aromatic heterocycles. The minimum absolute atomic E-state index is 0.825. The molecular formula is C28H34OSi2. The van der Waals surface area contributed by atoms with Crippen LogP contribution in [-0.4, -0.2) is 22.8 Å². The first-order chi connectivity index (χ1) is 14.9. The second-order valence-electron chi connectivity index (χ2n) is 10.4. The highest BCUT2D eigenvalue weighted by Crippen LogP contribution is 2.35. The first kappa shape index (κ1) is 20.8. The first-order valence-electron chi connectivity index (χ1n) is 11.9. The average molecular weight is 443 g/mol. The van der Waals surface area contributed by atoms with Gasteiger partial charge in [-0.1, -0.05) is 94.8 Å². The lowest BCUT2D eigenvalue weighted by molar-refractivity contribution is 0.305. The molecule has 0 saturated heterocycles. The molecule has 1 nitrogen and oxygen atoms in total. The molecule has 31 heavy (non-hydrogen) atoms. The summed E-state index contributed by atoms with van der Waals surface area (Å²) < 4.78 is 6.17. The maximum Gasteiger partial charge on any atom is 0.119 e. The van der Waals surface area contributed by atoms with E-state index in [1.807, 2.05) is 0 Å². The number of unbranched alkanes of at least 4 members (excludes halogenated alkanes) is 3. The van der Waals surface area contributed by atoms with Crippen LogP contribution >= 0.6 is 0 Å². The van der Waals surface area contributed by atoms with Crippen molar-refractivity contribution in [3.63, 3.8) is 0 Å². The second kappa shape index (κ2) is 7.49. The molecule has 0 amide bonds. The van der Waals surface area contributed by atoms with Crippen LogP contribution in [0.25, 0.3) is 22.3 Å². The van der Waals surface area contributed by atoms with E-state index in [-0.39, 0.29) is 0 Å². The first-order valence-corrected chi connectivity index (χ1v) is 17.9. The molecule has 2 aliphatic rings. The van der Waals surface area contributed by atoms with Crippen LogP contribution < -0.4 is 25.5 Å². The van der Waals surface area contributed by atoms with Crippen molar-refractivity contribution < 1.29 is 4.74 Å². The van der Waals surface area contributed by atoms with Gasteiger partial charge in [-0.05, 0) is 61.6 Å². The molecule has 3 aromatic rings. The molecule has 3 aromatic carbocycles. The Morgan fingerprint density at radius 2 is 1.23 bits per heavy atom. The molecule has 3 heteroatoms. The van der Waals surface area contributed by atoms with E-state index in [2.05, 4.69) is 87.7 Å². The van der Waals surface area contributed by atoms with Gasteiger partial charge in [0.15, 0.2) is 0 Å². The molecule has 160 valence electrons. The van der Waals surface area contributed by atoms with Gasteiger partial charge in [0.25, 0.3) is 0 Å². The lowest BCUT2D eigenvalue weighted by Gasteiger charge is -2.21. The van der Waals surface area contributed by atoms with Crippen molar-refractivity contribution in [2.45, 2.75) is 58.8 Å². The number of rotatable bonds is 6. The fraction of sp³-hybridized carbons (Fsp3) is 0.357. The molecular weight excluding hydrogens is 408 g/mol. The standard InChI is InChI=1S/C28H34OSi2/c1-6-7-8-11-16-29-20-14-15-26-22(17-20)24-19-27-23(18-28(24)31(26,4)5)21-12-9-10-13-25(21)30(27,2)3/h9-10,12-15,17-19H,6-8,11,16H2,1-5H3. The minimum atomic E-state index is -1.70. The van der Waals surface area contributed by atoms with Gasteiger partial charge in [-0.15, -0.1) is 0 Å².